The molecule has 0 atom stereocenters. The van der Waals surface area contributed by atoms with Gasteiger partial charge < -0.3 is 0 Å². The Morgan fingerprint density at radius 3 is 2.48 bits per heavy atom. The van der Waals surface area contributed by atoms with Crippen LogP contribution in [0.4, 0.5) is 5.69 Å². The zero-order chi connectivity index (χ0) is 22.4. The molecule has 0 saturated heterocycles. The van der Waals surface area contributed by atoms with Crippen LogP contribution in [0.25, 0.3) is 0 Å². The highest BCUT2D eigenvalue weighted by atomic mass is 32.2. The highest BCUT2D eigenvalue weighted by molar-refractivity contribution is 7.89. The molecule has 2 aromatic rings. The van der Waals surface area contributed by atoms with Crippen LogP contribution >= 0.6 is 0 Å². The number of carbonyl (C=O) groups excluding carboxylic acids is 2. The zero-order valence-electron chi connectivity index (χ0n) is 16.6. The summed E-state index contributed by atoms with van der Waals surface area (Å²) >= 11 is 0. The maximum atomic E-state index is 12.5. The fraction of sp³-hybridized carbons (Fsp3) is 0.300. The third-order valence-corrected chi connectivity index (χ3v) is 6.37. The van der Waals surface area contributed by atoms with Crippen LogP contribution < -0.4 is 15.6 Å². The first-order valence-corrected chi connectivity index (χ1v) is 11.2. The lowest BCUT2D eigenvalue weighted by atomic mass is 9.92. The number of rotatable bonds is 7. The number of hydrogen-bond acceptors (Lipinski definition) is 6. The number of nitro groups is 1. The summed E-state index contributed by atoms with van der Waals surface area (Å²) < 4.78 is 27.3. The summed E-state index contributed by atoms with van der Waals surface area (Å²) in [6.07, 6.45) is 3.73. The van der Waals surface area contributed by atoms with Gasteiger partial charge in [0.05, 0.1) is 9.82 Å². The average molecular weight is 446 g/mol. The largest absolute Gasteiger partial charge is 0.273 e. The average Bonchev–Trinajstić information content (AvgIpc) is 2.77. The monoisotopic (exact) mass is 446 g/mol. The first-order valence-electron chi connectivity index (χ1n) is 9.71. The van der Waals surface area contributed by atoms with Crippen molar-refractivity contribution in [1.82, 2.24) is 15.6 Å². The molecule has 0 aromatic heterocycles. The molecule has 0 heterocycles. The van der Waals surface area contributed by atoms with E-state index in [1.54, 1.807) is 12.1 Å². The summed E-state index contributed by atoms with van der Waals surface area (Å²) in [7, 11) is -3.76. The molecule has 2 aromatic carbocycles. The van der Waals surface area contributed by atoms with E-state index in [9.17, 15) is 28.1 Å². The van der Waals surface area contributed by atoms with Crippen molar-refractivity contribution in [2.24, 2.45) is 0 Å². The molecule has 10 nitrogen and oxygen atoms in total. The van der Waals surface area contributed by atoms with Gasteiger partial charge in [0, 0.05) is 30.7 Å². The van der Waals surface area contributed by atoms with Crippen molar-refractivity contribution in [3.63, 3.8) is 0 Å². The Bertz CT molecular complexity index is 1120. The molecule has 3 N–H and O–H groups in total. The summed E-state index contributed by atoms with van der Waals surface area (Å²) in [6, 6.07) is 10.1. The van der Waals surface area contributed by atoms with Gasteiger partial charge in [0.2, 0.25) is 15.9 Å². The minimum absolute atomic E-state index is 0.00242. The molecule has 0 spiro atoms. The molecule has 0 aliphatic heterocycles. The SMILES string of the molecule is O=C(CCNS(=O)(=O)c1ccc2c(c1)CCCC2)NNC(=O)c1cccc([N+](=O)[O-])c1. The molecule has 11 heteroatoms. The van der Waals surface area contributed by atoms with Gasteiger partial charge in [0.15, 0.2) is 0 Å². The van der Waals surface area contributed by atoms with Crippen molar-refractivity contribution in [2.75, 3.05) is 6.54 Å². The predicted molar refractivity (Wildman–Crippen MR) is 112 cm³/mol. The Balaban J connectivity index is 1.48. The van der Waals surface area contributed by atoms with Crippen molar-refractivity contribution in [3.05, 3.63) is 69.3 Å². The van der Waals surface area contributed by atoms with Gasteiger partial charge in [-0.1, -0.05) is 12.1 Å². The van der Waals surface area contributed by atoms with Gasteiger partial charge in [-0.15, -0.1) is 0 Å². The molecule has 0 radical (unpaired) electrons. The van der Waals surface area contributed by atoms with E-state index in [-0.39, 0.29) is 29.1 Å². The number of carbonyl (C=O) groups is 2. The Hall–Kier alpha value is -3.31. The Morgan fingerprint density at radius 2 is 1.74 bits per heavy atom. The molecular weight excluding hydrogens is 424 g/mol. The maximum absolute atomic E-state index is 12.5. The molecule has 2 amide bonds. The summed E-state index contributed by atoms with van der Waals surface area (Å²) in [5, 5.41) is 10.8. The number of benzene rings is 2. The second-order valence-electron chi connectivity index (χ2n) is 7.10. The normalized spacial score (nSPS) is 13.2. The van der Waals surface area contributed by atoms with Gasteiger partial charge in [-0.2, -0.15) is 0 Å². The van der Waals surface area contributed by atoms with E-state index in [1.807, 2.05) is 6.07 Å². The summed E-state index contributed by atoms with van der Waals surface area (Å²) in [4.78, 5) is 34.2. The molecule has 0 bridgehead atoms. The lowest BCUT2D eigenvalue weighted by Gasteiger charge is -2.16. The number of hydrazine groups is 1. The van der Waals surface area contributed by atoms with E-state index in [2.05, 4.69) is 15.6 Å². The number of fused-ring (bicyclic) bond motifs is 1. The lowest BCUT2D eigenvalue weighted by Crippen LogP contribution is -2.42. The number of amides is 2. The second kappa shape index (κ2) is 9.67. The summed E-state index contributed by atoms with van der Waals surface area (Å²) in [6.45, 7) is -0.155. The van der Waals surface area contributed by atoms with Crippen molar-refractivity contribution >= 4 is 27.5 Å². The van der Waals surface area contributed by atoms with Crippen LogP contribution in [-0.4, -0.2) is 31.7 Å². The van der Waals surface area contributed by atoms with E-state index in [0.29, 0.717) is 0 Å². The number of nitro benzene ring substituents is 1. The molecule has 0 fully saturated rings. The van der Waals surface area contributed by atoms with Crippen LogP contribution in [0.5, 0.6) is 0 Å². The van der Waals surface area contributed by atoms with E-state index < -0.39 is 26.8 Å². The predicted octanol–water partition coefficient (Wildman–Crippen LogP) is 1.60. The Morgan fingerprint density at radius 1 is 1.00 bits per heavy atom. The second-order valence-corrected chi connectivity index (χ2v) is 8.86. The standard InChI is InChI=1S/C20H22N4O6S/c25-19(22-23-20(26)16-6-3-7-17(12-16)24(27)28)10-11-21-31(29,30)18-9-8-14-4-1-2-5-15(14)13-18/h3,6-9,12-13,21H,1-2,4-5,10-11H2,(H,22,25)(H,23,26). The summed E-state index contributed by atoms with van der Waals surface area (Å²) in [5.74, 6) is -1.35. The van der Waals surface area contributed by atoms with Gasteiger partial charge in [-0.3, -0.25) is 30.6 Å². The molecular formula is C20H22N4O6S. The molecule has 0 saturated carbocycles. The number of sulfonamides is 1. The Labute approximate surface area is 179 Å². The highest BCUT2D eigenvalue weighted by Gasteiger charge is 2.18. The molecule has 1 aliphatic carbocycles. The van der Waals surface area contributed by atoms with E-state index >= 15 is 0 Å². The van der Waals surface area contributed by atoms with E-state index in [0.717, 1.165) is 37.3 Å². The van der Waals surface area contributed by atoms with Crippen LogP contribution in [0.3, 0.4) is 0 Å². The smallest absolute Gasteiger partial charge is 0.270 e. The zero-order valence-corrected chi connectivity index (χ0v) is 17.4. The molecule has 31 heavy (non-hydrogen) atoms. The van der Waals surface area contributed by atoms with Crippen LogP contribution in [0, 0.1) is 10.1 Å². The quantitative estimate of drug-likeness (QED) is 0.435. The number of aryl methyl sites for hydroxylation is 2. The third kappa shape index (κ3) is 5.86. The van der Waals surface area contributed by atoms with Gasteiger partial charge >= 0.3 is 0 Å². The minimum atomic E-state index is -3.76. The van der Waals surface area contributed by atoms with Crippen molar-refractivity contribution in [3.8, 4) is 0 Å². The Kier molecular flexibility index (Phi) is 6.98. The molecule has 0 unspecified atom stereocenters. The summed E-state index contributed by atoms with van der Waals surface area (Å²) in [5.41, 5.74) is 6.25. The van der Waals surface area contributed by atoms with Crippen molar-refractivity contribution < 1.29 is 22.9 Å². The number of hydrogen-bond donors (Lipinski definition) is 3. The molecule has 1 aliphatic rings. The first kappa shape index (κ1) is 22.4. The van der Waals surface area contributed by atoms with Gasteiger partial charge in [-0.05, 0) is 55.0 Å². The number of non-ortho nitro benzene ring substituents is 1. The van der Waals surface area contributed by atoms with Crippen molar-refractivity contribution in [2.45, 2.75) is 37.0 Å². The van der Waals surface area contributed by atoms with Crippen LogP contribution in [0.15, 0.2) is 47.4 Å². The van der Waals surface area contributed by atoms with Crippen molar-refractivity contribution in [1.29, 1.82) is 0 Å². The van der Waals surface area contributed by atoms with Gasteiger partial charge in [0.1, 0.15) is 0 Å². The number of nitrogens with one attached hydrogen (secondary N) is 3. The fourth-order valence-electron chi connectivity index (χ4n) is 3.28. The van der Waals surface area contributed by atoms with Crippen LogP contribution in [-0.2, 0) is 27.7 Å². The number of nitrogens with zero attached hydrogens (tertiary/aromatic N) is 1. The van der Waals surface area contributed by atoms with E-state index in [1.165, 1.54) is 23.8 Å². The minimum Gasteiger partial charge on any atom is -0.273 e. The topological polar surface area (TPSA) is 148 Å². The van der Waals surface area contributed by atoms with Crippen LogP contribution in [0.1, 0.15) is 40.7 Å². The highest BCUT2D eigenvalue weighted by Crippen LogP contribution is 2.24. The molecule has 3 rings (SSSR count). The molecule has 164 valence electrons. The van der Waals surface area contributed by atoms with Gasteiger partial charge in [0.25, 0.3) is 11.6 Å². The first-order chi connectivity index (χ1) is 14.8. The van der Waals surface area contributed by atoms with E-state index in [4.69, 9.17) is 0 Å². The van der Waals surface area contributed by atoms with Crippen LogP contribution in [0.2, 0.25) is 0 Å². The third-order valence-electron chi connectivity index (χ3n) is 4.91. The maximum Gasteiger partial charge on any atom is 0.270 e. The lowest BCUT2D eigenvalue weighted by molar-refractivity contribution is -0.384. The fourth-order valence-corrected chi connectivity index (χ4v) is 4.36. The van der Waals surface area contributed by atoms with Gasteiger partial charge in [-0.25, -0.2) is 13.1 Å².